The zero-order valence-corrected chi connectivity index (χ0v) is 19.6. The van der Waals surface area contributed by atoms with E-state index in [1.54, 1.807) is 0 Å². The average Bonchev–Trinajstić information content (AvgIpc) is 3.16. The molecule has 0 aliphatic rings. The molecule has 3 heterocycles. The fourth-order valence-corrected chi connectivity index (χ4v) is 7.64. The number of hydrogen-bond donors (Lipinski definition) is 0. The van der Waals surface area contributed by atoms with Crippen LogP contribution >= 0.6 is 7.53 Å². The van der Waals surface area contributed by atoms with Crippen LogP contribution < -0.4 is 0 Å². The quantitative estimate of drug-likeness (QED) is 0.274. The maximum absolute atomic E-state index is 4.21. The summed E-state index contributed by atoms with van der Waals surface area (Å²) >= 11 is 0. The van der Waals surface area contributed by atoms with Crippen molar-refractivity contribution in [3.05, 3.63) is 115 Å². The highest BCUT2D eigenvalue weighted by molar-refractivity contribution is 7.67. The van der Waals surface area contributed by atoms with Crippen LogP contribution in [0.5, 0.6) is 0 Å². The van der Waals surface area contributed by atoms with E-state index in [0.29, 0.717) is 0 Å². The highest BCUT2D eigenvalue weighted by Crippen LogP contribution is 2.56. The van der Waals surface area contributed by atoms with Crippen LogP contribution in [0.4, 0.5) is 0 Å². The van der Waals surface area contributed by atoms with Crippen molar-refractivity contribution in [2.75, 3.05) is 0 Å². The number of rotatable bonds is 3. The highest BCUT2D eigenvalue weighted by Gasteiger charge is 2.18. The normalized spacial score (nSPS) is 11.3. The molecular weight excluding hydrogens is 419 g/mol. The van der Waals surface area contributed by atoms with E-state index in [2.05, 4.69) is 103 Å². The van der Waals surface area contributed by atoms with Crippen molar-refractivity contribution >= 4 is 28.5 Å². The van der Waals surface area contributed by atoms with Crippen molar-refractivity contribution in [3.63, 3.8) is 0 Å². The predicted molar refractivity (Wildman–Crippen MR) is 141 cm³/mol. The molecule has 0 aliphatic carbocycles. The van der Waals surface area contributed by atoms with Crippen LogP contribution in [0.15, 0.2) is 104 Å². The molecule has 0 spiro atoms. The van der Waals surface area contributed by atoms with E-state index < -0.39 is 7.53 Å². The number of pyridine rings is 2. The lowest BCUT2D eigenvalue weighted by Gasteiger charge is -2.08. The zero-order chi connectivity index (χ0) is 22.4. The highest BCUT2D eigenvalue weighted by atomic mass is 31.1. The molecule has 0 saturated carbocycles. The second kappa shape index (κ2) is 7.99. The molecule has 3 heteroatoms. The van der Waals surface area contributed by atoms with Gasteiger partial charge in [-0.2, -0.15) is 0 Å². The summed E-state index contributed by atoms with van der Waals surface area (Å²) in [5, 5.41) is 7.01. The second-order valence-corrected chi connectivity index (χ2v) is 10.7. The molecule has 158 valence electrons. The standard InChI is InChI=1S/C30H23N2P/c1-20-16-29-27(18-25(20)22-8-12-31-13-9-22)28-19-26(23-10-14-32-15-11-23)21(2)17-30(28)33(29)24-6-4-3-5-7-24/h3-19H,1-2H3. The molecule has 0 aliphatic heterocycles. The maximum Gasteiger partial charge on any atom is 0.0273 e. The monoisotopic (exact) mass is 442 g/mol. The third-order valence-corrected chi connectivity index (χ3v) is 8.97. The largest absolute Gasteiger partial charge is 0.265 e. The predicted octanol–water partition coefficient (Wildman–Crippen LogP) is 8.71. The summed E-state index contributed by atoms with van der Waals surface area (Å²) in [5.41, 5.74) is 7.59. The third-order valence-electron chi connectivity index (χ3n) is 6.45. The molecule has 2 nitrogen and oxygen atoms in total. The molecule has 0 atom stereocenters. The molecule has 0 radical (unpaired) electrons. The SMILES string of the molecule is Cc1cc2c(cc1-c1ccncc1)c1cc(-c3ccncc3)c(C)cc1p2-c1ccccc1. The molecule has 0 N–H and O–H groups in total. The first-order chi connectivity index (χ1) is 16.2. The van der Waals surface area contributed by atoms with Gasteiger partial charge in [-0.3, -0.25) is 9.97 Å². The van der Waals surface area contributed by atoms with Gasteiger partial charge in [0.15, 0.2) is 0 Å². The van der Waals surface area contributed by atoms with Gasteiger partial charge in [0, 0.05) is 35.0 Å². The third kappa shape index (κ3) is 3.35. The first-order valence-corrected chi connectivity index (χ1v) is 12.5. The van der Waals surface area contributed by atoms with Gasteiger partial charge in [0.25, 0.3) is 0 Å². The molecule has 0 unspecified atom stereocenters. The van der Waals surface area contributed by atoms with Crippen molar-refractivity contribution < 1.29 is 0 Å². The summed E-state index contributed by atoms with van der Waals surface area (Å²) in [6.07, 6.45) is 7.49. The Kier molecular flexibility index (Phi) is 4.82. The summed E-state index contributed by atoms with van der Waals surface area (Å²) in [6, 6.07) is 29.0. The van der Waals surface area contributed by atoms with E-state index in [1.807, 2.05) is 24.8 Å². The van der Waals surface area contributed by atoms with Gasteiger partial charge in [-0.1, -0.05) is 37.9 Å². The van der Waals surface area contributed by atoms with Gasteiger partial charge >= 0.3 is 0 Å². The Hall–Kier alpha value is -3.74. The van der Waals surface area contributed by atoms with Crippen LogP contribution in [0, 0.1) is 13.8 Å². The van der Waals surface area contributed by atoms with Crippen molar-refractivity contribution in [2.24, 2.45) is 0 Å². The van der Waals surface area contributed by atoms with Crippen molar-refractivity contribution in [1.29, 1.82) is 0 Å². The van der Waals surface area contributed by atoms with E-state index in [9.17, 15) is 0 Å². The zero-order valence-electron chi connectivity index (χ0n) is 18.7. The fraction of sp³-hybridized carbons (Fsp3) is 0.0667. The Bertz CT molecular complexity index is 1500. The summed E-state index contributed by atoms with van der Waals surface area (Å²) in [5.74, 6) is 0. The minimum absolute atomic E-state index is 0.592. The van der Waals surface area contributed by atoms with Gasteiger partial charge in [-0.15, -0.1) is 0 Å². The van der Waals surface area contributed by atoms with E-state index in [-0.39, 0.29) is 0 Å². The van der Waals surface area contributed by atoms with Gasteiger partial charge < -0.3 is 0 Å². The van der Waals surface area contributed by atoms with Crippen molar-refractivity contribution in [3.8, 4) is 27.6 Å². The Morgan fingerprint density at radius 1 is 0.545 bits per heavy atom. The molecule has 0 amide bonds. The van der Waals surface area contributed by atoms with E-state index >= 15 is 0 Å². The van der Waals surface area contributed by atoms with E-state index in [0.717, 1.165) is 0 Å². The van der Waals surface area contributed by atoms with Gasteiger partial charge in [0.2, 0.25) is 0 Å². The molecule has 6 aromatic rings. The number of fused-ring (bicyclic) bond motifs is 3. The summed E-state index contributed by atoms with van der Waals surface area (Å²) in [4.78, 5) is 8.43. The Labute approximate surface area is 194 Å². The average molecular weight is 443 g/mol. The first kappa shape index (κ1) is 19.9. The lowest BCUT2D eigenvalue weighted by molar-refractivity contribution is 1.33. The first-order valence-electron chi connectivity index (χ1n) is 11.2. The number of benzene rings is 3. The topological polar surface area (TPSA) is 25.8 Å². The van der Waals surface area contributed by atoms with Gasteiger partial charge in [0.05, 0.1) is 0 Å². The van der Waals surface area contributed by atoms with E-state index in [1.165, 1.54) is 59.7 Å². The van der Waals surface area contributed by atoms with Crippen molar-refractivity contribution in [2.45, 2.75) is 13.8 Å². The number of aryl methyl sites for hydroxylation is 2. The van der Waals surface area contributed by atoms with Crippen LogP contribution in [0.25, 0.3) is 48.6 Å². The Balaban J connectivity index is 1.73. The lowest BCUT2D eigenvalue weighted by atomic mass is 9.96. The molecule has 6 rings (SSSR count). The van der Waals surface area contributed by atoms with Gasteiger partial charge in [-0.05, 0) is 112 Å². The smallest absolute Gasteiger partial charge is 0.0273 e. The summed E-state index contributed by atoms with van der Waals surface area (Å²) in [6.45, 7) is 4.45. The lowest BCUT2D eigenvalue weighted by Crippen LogP contribution is -1.85. The molecule has 0 bridgehead atoms. The van der Waals surface area contributed by atoms with Gasteiger partial charge in [-0.25, -0.2) is 0 Å². The number of nitrogens with zero attached hydrogens (tertiary/aromatic N) is 2. The molecule has 33 heavy (non-hydrogen) atoms. The van der Waals surface area contributed by atoms with Gasteiger partial charge in [0.1, 0.15) is 0 Å². The minimum atomic E-state index is -0.592. The van der Waals surface area contributed by atoms with Crippen LogP contribution in [-0.4, -0.2) is 9.97 Å². The van der Waals surface area contributed by atoms with Crippen LogP contribution in [0.3, 0.4) is 0 Å². The molecule has 0 saturated heterocycles. The molecule has 0 fully saturated rings. The second-order valence-electron chi connectivity index (χ2n) is 8.51. The number of aromatic nitrogens is 2. The van der Waals surface area contributed by atoms with E-state index in [4.69, 9.17) is 0 Å². The van der Waals surface area contributed by atoms with Crippen molar-refractivity contribution in [1.82, 2.24) is 9.97 Å². The molecule has 3 aromatic carbocycles. The number of hydrogen-bond acceptors (Lipinski definition) is 2. The van der Waals surface area contributed by atoms with Crippen LogP contribution in [-0.2, 0) is 0 Å². The fourth-order valence-electron chi connectivity index (χ4n) is 4.86. The maximum atomic E-state index is 4.21. The Morgan fingerprint density at radius 2 is 1.00 bits per heavy atom. The molecule has 3 aromatic heterocycles. The summed E-state index contributed by atoms with van der Waals surface area (Å²) < 4.78 is 0. The molecular formula is C30H23N2P. The summed E-state index contributed by atoms with van der Waals surface area (Å²) in [7, 11) is -0.592. The van der Waals surface area contributed by atoms with Crippen LogP contribution in [0.2, 0.25) is 0 Å². The minimum Gasteiger partial charge on any atom is -0.265 e. The Morgan fingerprint density at radius 3 is 1.45 bits per heavy atom. The van der Waals surface area contributed by atoms with Crippen LogP contribution in [0.1, 0.15) is 11.1 Å².